The van der Waals surface area contributed by atoms with Crippen LogP contribution >= 0.6 is 0 Å². The molecule has 8 aromatic rings. The number of carboxylic acids is 1. The maximum atomic E-state index is 11.7. The van der Waals surface area contributed by atoms with Gasteiger partial charge >= 0.3 is 5.97 Å². The molecule has 0 atom stereocenters. The van der Waals surface area contributed by atoms with E-state index in [2.05, 4.69) is 42.9 Å². The summed E-state index contributed by atoms with van der Waals surface area (Å²) in [7, 11) is 0. The van der Waals surface area contributed by atoms with Crippen molar-refractivity contribution in [2.45, 2.75) is 213 Å². The number of rotatable bonds is 39. The molecule has 5 aromatic carbocycles. The van der Waals surface area contributed by atoms with Crippen molar-refractivity contribution in [1.29, 1.82) is 0 Å². The molecule has 0 saturated carbocycles. The Morgan fingerprint density at radius 1 is 0.326 bits per heavy atom. The van der Waals surface area contributed by atoms with Crippen molar-refractivity contribution in [3.8, 4) is 74.3 Å². The molecular formula is C75H94N8O6. The van der Waals surface area contributed by atoms with E-state index in [1.807, 2.05) is 60.7 Å². The molecule has 0 aliphatic carbocycles. The Morgan fingerprint density at radius 2 is 0.629 bits per heavy atom. The third kappa shape index (κ3) is 17.9. The molecule has 2 aliphatic rings. The quantitative estimate of drug-likeness (QED) is 0.0310. The number of carboxylic acid groups (broad SMARTS) is 1. The van der Waals surface area contributed by atoms with Gasteiger partial charge in [0.15, 0.2) is 23.3 Å². The number of aromatic amines is 2. The summed E-state index contributed by atoms with van der Waals surface area (Å²) in [5.41, 5.74) is 5.58. The van der Waals surface area contributed by atoms with Crippen LogP contribution in [0.2, 0.25) is 0 Å². The maximum Gasteiger partial charge on any atom is 0.335 e. The van der Waals surface area contributed by atoms with Crippen LogP contribution < -0.4 is 18.9 Å². The Kier molecular flexibility index (Phi) is 24.2. The van der Waals surface area contributed by atoms with Crippen molar-refractivity contribution < 1.29 is 28.8 Å². The lowest BCUT2D eigenvalue weighted by molar-refractivity contribution is 0.0696. The van der Waals surface area contributed by atoms with Crippen LogP contribution in [0.5, 0.6) is 28.7 Å². The Balaban J connectivity index is 1.01. The molecule has 89 heavy (non-hydrogen) atoms. The first kappa shape index (κ1) is 64.1. The van der Waals surface area contributed by atoms with Crippen LogP contribution in [0.3, 0.4) is 0 Å². The number of benzene rings is 5. The Bertz CT molecular complexity index is 3710. The first-order chi connectivity index (χ1) is 43.8. The number of ether oxygens (including phenoxy) is 4. The van der Waals surface area contributed by atoms with Gasteiger partial charge in [-0.15, -0.1) is 0 Å². The van der Waals surface area contributed by atoms with Gasteiger partial charge in [0.1, 0.15) is 51.3 Å². The Morgan fingerprint density at radius 3 is 1.01 bits per heavy atom. The lowest BCUT2D eigenvalue weighted by Crippen LogP contribution is -1.97. The lowest BCUT2D eigenvalue weighted by atomic mass is 10.1. The SMILES string of the molecule is CCCCCCCCCCCCOc1ccc2c(c1)-c1nc-2nc2[nH]c(nc3nc(nc4[nH]c(n1)c1ccc(OCCCCCCCCCCCC)cc41)-c1ccc(OCCCCCCCCCCCC)cc1-3)c1ccc(Oc3ccc(C(=O)O)cc3)cc21. The van der Waals surface area contributed by atoms with Crippen LogP contribution in [0.1, 0.15) is 224 Å². The number of nitrogens with zero attached hydrogens (tertiary/aromatic N) is 6. The average molecular weight is 1200 g/mol. The van der Waals surface area contributed by atoms with Gasteiger partial charge in [0.2, 0.25) is 0 Å². The zero-order valence-electron chi connectivity index (χ0n) is 53.2. The minimum atomic E-state index is -1.01. The number of fused-ring (bicyclic) bond motifs is 20. The first-order valence-electron chi connectivity index (χ1n) is 34.1. The molecule has 0 spiro atoms. The van der Waals surface area contributed by atoms with Crippen molar-refractivity contribution in [2.75, 3.05) is 19.8 Å². The highest BCUT2D eigenvalue weighted by Crippen LogP contribution is 2.41. The molecule has 470 valence electrons. The number of aromatic nitrogens is 8. The van der Waals surface area contributed by atoms with E-state index in [1.165, 1.54) is 166 Å². The molecule has 0 radical (unpaired) electrons. The summed E-state index contributed by atoms with van der Waals surface area (Å²) < 4.78 is 25.8. The van der Waals surface area contributed by atoms with Crippen molar-refractivity contribution >= 4 is 50.1 Å². The summed E-state index contributed by atoms with van der Waals surface area (Å²) in [5, 5.41) is 12.8. The van der Waals surface area contributed by atoms with Crippen molar-refractivity contribution in [3.05, 3.63) is 103 Å². The van der Waals surface area contributed by atoms with Gasteiger partial charge in [-0.3, -0.25) is 0 Å². The smallest absolute Gasteiger partial charge is 0.335 e. The van der Waals surface area contributed by atoms with E-state index >= 15 is 0 Å². The third-order valence-electron chi connectivity index (χ3n) is 17.4. The standard InChI is InChI=1S/C75H94N8O6/c1-4-7-10-13-16-19-22-25-28-31-46-86-55-38-42-59-63(49-55)71-76-67(59)78-72-65-51-57(88-48-33-30-27-24-21-18-15-12-9-6-3)40-44-61(65)69(80-72)82-74-66-52-58(89-54-36-34-53(35-37-54)75(84)85)41-45-62(66)70(83-74)81-73-64-50-56(39-43-60(64)68(77-71)79-73)87-47-32-29-26-23-20-17-14-11-8-5-2/h34-45,49-52H,4-33,46-48H2,1-3H3,(H,84,85)(H2,76,77,78,79,80,81,82,83). The van der Waals surface area contributed by atoms with Gasteiger partial charge in [-0.05, 0) is 116 Å². The number of H-pyrrole nitrogens is 2. The molecule has 8 bridgehead atoms. The number of aromatic carboxylic acids is 1. The molecule has 0 amide bonds. The predicted molar refractivity (Wildman–Crippen MR) is 362 cm³/mol. The van der Waals surface area contributed by atoms with E-state index in [0.717, 1.165) is 99.6 Å². The highest BCUT2D eigenvalue weighted by Gasteiger charge is 2.24. The minimum absolute atomic E-state index is 0.172. The van der Waals surface area contributed by atoms with Gasteiger partial charge in [0, 0.05) is 43.8 Å². The second-order valence-corrected chi connectivity index (χ2v) is 24.5. The summed E-state index contributed by atoms with van der Waals surface area (Å²) >= 11 is 0. The van der Waals surface area contributed by atoms with Crippen LogP contribution in [0.25, 0.3) is 89.7 Å². The minimum Gasteiger partial charge on any atom is -0.494 e. The second kappa shape index (κ2) is 33.6. The second-order valence-electron chi connectivity index (χ2n) is 24.5. The third-order valence-corrected chi connectivity index (χ3v) is 17.4. The van der Waals surface area contributed by atoms with Crippen molar-refractivity contribution in [1.82, 2.24) is 39.9 Å². The van der Waals surface area contributed by atoms with Gasteiger partial charge in [-0.25, -0.2) is 34.7 Å². The van der Waals surface area contributed by atoms with E-state index in [1.54, 1.807) is 12.1 Å². The van der Waals surface area contributed by atoms with E-state index in [4.69, 9.17) is 48.9 Å². The zero-order chi connectivity index (χ0) is 61.4. The molecule has 3 aromatic heterocycles. The van der Waals surface area contributed by atoms with Gasteiger partial charge in [0.25, 0.3) is 0 Å². The molecule has 10 rings (SSSR count). The Labute approximate surface area is 526 Å². The van der Waals surface area contributed by atoms with Crippen LogP contribution in [-0.2, 0) is 0 Å². The predicted octanol–water partition coefficient (Wildman–Crippen LogP) is 21.3. The van der Waals surface area contributed by atoms with Crippen molar-refractivity contribution in [2.24, 2.45) is 0 Å². The molecule has 0 fully saturated rings. The largest absolute Gasteiger partial charge is 0.494 e. The number of hydrogen-bond donors (Lipinski definition) is 3. The van der Waals surface area contributed by atoms with E-state index in [-0.39, 0.29) is 5.56 Å². The Hall–Kier alpha value is -7.87. The fourth-order valence-electron chi connectivity index (χ4n) is 12.2. The summed E-state index contributed by atoms with van der Waals surface area (Å²) in [6, 6.07) is 30.4. The average Bonchev–Trinajstić information content (AvgIpc) is 1.76. The van der Waals surface area contributed by atoms with Crippen LogP contribution in [0.15, 0.2) is 97.1 Å². The molecule has 14 heteroatoms. The lowest BCUT2D eigenvalue weighted by Gasteiger charge is -2.08. The molecule has 0 unspecified atom stereocenters. The topological polar surface area (TPSA) is 183 Å². The number of carbonyl (C=O) groups is 1. The number of hydrogen-bond acceptors (Lipinski definition) is 11. The van der Waals surface area contributed by atoms with E-state index < -0.39 is 5.97 Å². The van der Waals surface area contributed by atoms with Crippen molar-refractivity contribution in [3.63, 3.8) is 0 Å². The number of nitrogens with one attached hydrogen (secondary N) is 2. The summed E-state index contributed by atoms with van der Waals surface area (Å²) in [4.78, 5) is 50.8. The summed E-state index contributed by atoms with van der Waals surface area (Å²) in [6.07, 6.45) is 37.7. The van der Waals surface area contributed by atoms with Gasteiger partial charge in [-0.2, -0.15) is 0 Å². The number of unbranched alkanes of at least 4 members (excludes halogenated alkanes) is 27. The highest BCUT2D eigenvalue weighted by molar-refractivity contribution is 6.07. The maximum absolute atomic E-state index is 11.7. The summed E-state index contributed by atoms with van der Waals surface area (Å²) in [5.74, 6) is 4.16. The monoisotopic (exact) mass is 1200 g/mol. The van der Waals surface area contributed by atoms with E-state index in [0.29, 0.717) is 77.2 Å². The van der Waals surface area contributed by atoms with Crippen LogP contribution in [0, 0.1) is 0 Å². The van der Waals surface area contributed by atoms with Crippen LogP contribution in [-0.4, -0.2) is 70.8 Å². The molecule has 14 nitrogen and oxygen atoms in total. The van der Waals surface area contributed by atoms with Gasteiger partial charge in [-0.1, -0.05) is 194 Å². The molecular weight excluding hydrogens is 1110 g/mol. The first-order valence-corrected chi connectivity index (χ1v) is 34.1. The fraction of sp³-hybridized carbons (Fsp3) is 0.480. The normalized spacial score (nSPS) is 11.8. The molecule has 2 aliphatic heterocycles. The van der Waals surface area contributed by atoms with Gasteiger partial charge in [0.05, 0.1) is 25.4 Å². The summed E-state index contributed by atoms with van der Waals surface area (Å²) in [6.45, 7) is 8.67. The molecule has 0 saturated heterocycles. The van der Waals surface area contributed by atoms with E-state index in [9.17, 15) is 9.90 Å². The van der Waals surface area contributed by atoms with Crippen LogP contribution in [0.4, 0.5) is 0 Å². The molecule has 3 N–H and O–H groups in total. The highest BCUT2D eigenvalue weighted by atomic mass is 16.5. The molecule has 5 heterocycles. The fourth-order valence-corrected chi connectivity index (χ4v) is 12.2. The van der Waals surface area contributed by atoms with Gasteiger partial charge < -0.3 is 34.0 Å². The zero-order valence-corrected chi connectivity index (χ0v) is 53.2.